The fraction of sp³-hybridized carbons (Fsp3) is 0.143. The molecule has 2 aromatic rings. The molecule has 1 N–H and O–H groups in total. The van der Waals surface area contributed by atoms with Crippen LogP contribution >= 0.6 is 11.6 Å². The summed E-state index contributed by atoms with van der Waals surface area (Å²) in [7, 11) is 1.75. The van der Waals surface area contributed by atoms with Crippen LogP contribution in [0.3, 0.4) is 0 Å². The minimum Gasteiger partial charge on any atom is -0.452 e. The predicted molar refractivity (Wildman–Crippen MR) is 70.6 cm³/mol. The van der Waals surface area contributed by atoms with Gasteiger partial charge < -0.3 is 10.1 Å². The first-order chi connectivity index (χ1) is 9.11. The van der Waals surface area contributed by atoms with E-state index in [1.54, 1.807) is 19.2 Å². The second-order valence-electron chi connectivity index (χ2n) is 3.94. The maximum absolute atomic E-state index is 13.8. The second kappa shape index (κ2) is 5.99. The Morgan fingerprint density at radius 2 is 2.00 bits per heavy atom. The van der Waals surface area contributed by atoms with Crippen LogP contribution in [0, 0.1) is 11.6 Å². The lowest BCUT2D eigenvalue weighted by Crippen LogP contribution is -2.07. The highest BCUT2D eigenvalue weighted by molar-refractivity contribution is 6.32. The standard InChI is InChI=1S/C14H12ClF2NO/c1-18-8-9-3-2-4-12(17)14(9)19-13-6-5-10(16)7-11(13)15/h2-7,18H,8H2,1H3. The molecule has 0 radical (unpaired) electrons. The second-order valence-corrected chi connectivity index (χ2v) is 4.34. The Hall–Kier alpha value is -1.65. The summed E-state index contributed by atoms with van der Waals surface area (Å²) >= 11 is 5.86. The van der Waals surface area contributed by atoms with E-state index in [1.807, 2.05) is 0 Å². The summed E-state index contributed by atoms with van der Waals surface area (Å²) in [6, 6.07) is 8.34. The first-order valence-corrected chi connectivity index (χ1v) is 6.04. The summed E-state index contributed by atoms with van der Waals surface area (Å²) in [6.45, 7) is 0.450. The molecule has 2 nitrogen and oxygen atoms in total. The van der Waals surface area contributed by atoms with Gasteiger partial charge in [0.1, 0.15) is 11.6 Å². The molecule has 2 aromatic carbocycles. The smallest absolute Gasteiger partial charge is 0.167 e. The van der Waals surface area contributed by atoms with Crippen molar-refractivity contribution in [2.24, 2.45) is 0 Å². The average Bonchev–Trinajstić information content (AvgIpc) is 2.36. The van der Waals surface area contributed by atoms with Crippen molar-refractivity contribution in [3.63, 3.8) is 0 Å². The van der Waals surface area contributed by atoms with Gasteiger partial charge in [0.25, 0.3) is 0 Å². The zero-order valence-electron chi connectivity index (χ0n) is 10.2. The van der Waals surface area contributed by atoms with Gasteiger partial charge in [0.2, 0.25) is 0 Å². The molecule has 0 aromatic heterocycles. The molecule has 0 aliphatic carbocycles. The summed E-state index contributed by atoms with van der Waals surface area (Å²) in [6.07, 6.45) is 0. The maximum atomic E-state index is 13.8. The Morgan fingerprint density at radius 1 is 1.21 bits per heavy atom. The molecule has 0 aliphatic heterocycles. The highest BCUT2D eigenvalue weighted by Gasteiger charge is 2.12. The number of ether oxygens (including phenoxy) is 1. The zero-order chi connectivity index (χ0) is 13.8. The molecule has 2 rings (SSSR count). The van der Waals surface area contributed by atoms with Crippen LogP contribution in [0.5, 0.6) is 11.5 Å². The zero-order valence-corrected chi connectivity index (χ0v) is 11.0. The van der Waals surface area contributed by atoms with E-state index in [-0.39, 0.29) is 16.5 Å². The number of halogens is 3. The Bertz CT molecular complexity index is 590. The third kappa shape index (κ3) is 3.22. The van der Waals surface area contributed by atoms with E-state index in [2.05, 4.69) is 5.32 Å². The summed E-state index contributed by atoms with van der Waals surface area (Å²) in [5.41, 5.74) is 0.655. The van der Waals surface area contributed by atoms with E-state index in [0.29, 0.717) is 12.1 Å². The van der Waals surface area contributed by atoms with Crippen molar-refractivity contribution >= 4 is 11.6 Å². The molecule has 0 heterocycles. The van der Waals surface area contributed by atoms with Crippen molar-refractivity contribution in [1.29, 1.82) is 0 Å². The molecule has 0 amide bonds. The minimum atomic E-state index is -0.492. The van der Waals surface area contributed by atoms with Crippen LogP contribution in [-0.4, -0.2) is 7.05 Å². The van der Waals surface area contributed by atoms with Gasteiger partial charge in [0.05, 0.1) is 5.02 Å². The van der Waals surface area contributed by atoms with E-state index < -0.39 is 11.6 Å². The van der Waals surface area contributed by atoms with Crippen molar-refractivity contribution in [1.82, 2.24) is 5.32 Å². The van der Waals surface area contributed by atoms with E-state index >= 15 is 0 Å². The van der Waals surface area contributed by atoms with E-state index in [4.69, 9.17) is 16.3 Å². The lowest BCUT2D eigenvalue weighted by molar-refractivity contribution is 0.434. The molecule has 0 atom stereocenters. The lowest BCUT2D eigenvalue weighted by Gasteiger charge is -2.12. The van der Waals surface area contributed by atoms with Gasteiger partial charge in [-0.15, -0.1) is 0 Å². The van der Waals surface area contributed by atoms with Crippen molar-refractivity contribution in [3.8, 4) is 11.5 Å². The molecule has 100 valence electrons. The molecule has 19 heavy (non-hydrogen) atoms. The Labute approximate surface area is 115 Å². The van der Waals surface area contributed by atoms with Gasteiger partial charge >= 0.3 is 0 Å². The number of nitrogens with one attached hydrogen (secondary N) is 1. The van der Waals surface area contributed by atoms with Crippen molar-refractivity contribution < 1.29 is 13.5 Å². The SMILES string of the molecule is CNCc1cccc(F)c1Oc1ccc(F)cc1Cl. The highest BCUT2D eigenvalue weighted by atomic mass is 35.5. The third-order valence-corrected chi connectivity index (χ3v) is 2.82. The van der Waals surface area contributed by atoms with Gasteiger partial charge in [-0.25, -0.2) is 8.78 Å². The van der Waals surface area contributed by atoms with Crippen LogP contribution in [0.15, 0.2) is 36.4 Å². The van der Waals surface area contributed by atoms with Gasteiger partial charge in [0.15, 0.2) is 11.6 Å². The molecule has 0 spiro atoms. The van der Waals surface area contributed by atoms with Gasteiger partial charge in [0, 0.05) is 12.1 Å². The topological polar surface area (TPSA) is 21.3 Å². The summed E-state index contributed by atoms with van der Waals surface area (Å²) in [5, 5.41) is 3.02. The summed E-state index contributed by atoms with van der Waals surface area (Å²) in [5.74, 6) is -0.662. The Morgan fingerprint density at radius 3 is 2.68 bits per heavy atom. The monoisotopic (exact) mass is 283 g/mol. The number of hydrogen-bond acceptors (Lipinski definition) is 2. The van der Waals surface area contributed by atoms with E-state index in [1.165, 1.54) is 18.2 Å². The average molecular weight is 284 g/mol. The maximum Gasteiger partial charge on any atom is 0.167 e. The van der Waals surface area contributed by atoms with Crippen molar-refractivity contribution in [2.75, 3.05) is 7.05 Å². The van der Waals surface area contributed by atoms with Crippen LogP contribution in [0.2, 0.25) is 5.02 Å². The molecule has 0 saturated heterocycles. The largest absolute Gasteiger partial charge is 0.452 e. The van der Waals surface area contributed by atoms with Crippen LogP contribution in [0.1, 0.15) is 5.56 Å². The molecule has 0 aliphatic rings. The first-order valence-electron chi connectivity index (χ1n) is 5.66. The third-order valence-electron chi connectivity index (χ3n) is 2.52. The van der Waals surface area contributed by atoms with Crippen molar-refractivity contribution in [3.05, 3.63) is 58.6 Å². The fourth-order valence-corrected chi connectivity index (χ4v) is 1.87. The number of rotatable bonds is 4. The van der Waals surface area contributed by atoms with E-state index in [9.17, 15) is 8.78 Å². The number of para-hydroxylation sites is 1. The fourth-order valence-electron chi connectivity index (χ4n) is 1.67. The van der Waals surface area contributed by atoms with Crippen LogP contribution < -0.4 is 10.1 Å². The first kappa shape index (κ1) is 13.8. The van der Waals surface area contributed by atoms with Gasteiger partial charge in [-0.3, -0.25) is 0 Å². The molecule has 5 heteroatoms. The Balaban J connectivity index is 2.37. The number of benzene rings is 2. The highest BCUT2D eigenvalue weighted by Crippen LogP contribution is 2.33. The molecule has 0 bridgehead atoms. The van der Waals surface area contributed by atoms with E-state index in [0.717, 1.165) is 6.07 Å². The van der Waals surface area contributed by atoms with Gasteiger partial charge in [-0.2, -0.15) is 0 Å². The van der Waals surface area contributed by atoms with Crippen LogP contribution in [-0.2, 0) is 6.54 Å². The van der Waals surface area contributed by atoms with Crippen LogP contribution in [0.4, 0.5) is 8.78 Å². The van der Waals surface area contributed by atoms with Gasteiger partial charge in [-0.05, 0) is 31.3 Å². The van der Waals surface area contributed by atoms with Gasteiger partial charge in [-0.1, -0.05) is 23.7 Å². The van der Waals surface area contributed by atoms with Crippen molar-refractivity contribution in [2.45, 2.75) is 6.54 Å². The summed E-state index contributed by atoms with van der Waals surface area (Å²) in [4.78, 5) is 0. The molecular weight excluding hydrogens is 272 g/mol. The quantitative estimate of drug-likeness (QED) is 0.911. The normalized spacial score (nSPS) is 10.5. The summed E-state index contributed by atoms with van der Waals surface area (Å²) < 4.78 is 32.2. The van der Waals surface area contributed by atoms with Crippen LogP contribution in [0.25, 0.3) is 0 Å². The molecule has 0 unspecified atom stereocenters. The predicted octanol–water partition coefficient (Wildman–Crippen LogP) is 4.13. The molecule has 0 fully saturated rings. The Kier molecular flexibility index (Phi) is 4.35. The lowest BCUT2D eigenvalue weighted by atomic mass is 10.2. The number of hydrogen-bond donors (Lipinski definition) is 1. The minimum absolute atomic E-state index is 0.0883. The molecule has 0 saturated carbocycles. The molecular formula is C14H12ClF2NO.